The quantitative estimate of drug-likeness (QED) is 0.422. The molecule has 4 fully saturated rings. The Bertz CT molecular complexity index is 794. The fourth-order valence-electron chi connectivity index (χ4n) is 9.31. The van der Waals surface area contributed by atoms with Gasteiger partial charge in [-0.2, -0.15) is 0 Å². The van der Waals surface area contributed by atoms with Crippen LogP contribution in [0.3, 0.4) is 0 Å². The van der Waals surface area contributed by atoms with Gasteiger partial charge >= 0.3 is 17.9 Å². The molecule has 0 aromatic heterocycles. The first-order valence-corrected chi connectivity index (χ1v) is 13.7. The number of ether oxygens (including phenoxy) is 1. The summed E-state index contributed by atoms with van der Waals surface area (Å²) >= 11 is 0. The van der Waals surface area contributed by atoms with E-state index in [0.717, 1.165) is 43.4 Å². The maximum Gasteiger partial charge on any atom is 0.306 e. The van der Waals surface area contributed by atoms with Crippen LogP contribution in [-0.4, -0.2) is 34.2 Å². The van der Waals surface area contributed by atoms with E-state index >= 15 is 0 Å². The van der Waals surface area contributed by atoms with Gasteiger partial charge < -0.3 is 14.9 Å². The van der Waals surface area contributed by atoms with E-state index in [0.29, 0.717) is 28.6 Å². The minimum atomic E-state index is -0.957. The Labute approximate surface area is 204 Å². The van der Waals surface area contributed by atoms with Crippen molar-refractivity contribution in [3.63, 3.8) is 0 Å². The third-order valence-electron chi connectivity index (χ3n) is 11.0. The average molecular weight is 477 g/mol. The molecule has 0 radical (unpaired) electrons. The highest BCUT2D eigenvalue weighted by Crippen LogP contribution is 2.68. The number of carbonyl (C=O) groups excluding carboxylic acids is 1. The molecule has 2 N–H and O–H groups in total. The Morgan fingerprint density at radius 1 is 0.853 bits per heavy atom. The minimum absolute atomic E-state index is 0.0369. The van der Waals surface area contributed by atoms with Crippen LogP contribution in [0.4, 0.5) is 0 Å². The summed E-state index contributed by atoms with van der Waals surface area (Å²) in [6.07, 6.45) is 11.3. The predicted octanol–water partition coefficient (Wildman–Crippen LogP) is 5.92. The molecule has 4 aliphatic carbocycles. The maximum absolute atomic E-state index is 12.1. The molecule has 0 spiro atoms. The van der Waals surface area contributed by atoms with Crippen molar-refractivity contribution in [2.45, 2.75) is 110 Å². The number of esters is 1. The van der Waals surface area contributed by atoms with Crippen LogP contribution in [-0.2, 0) is 19.1 Å². The summed E-state index contributed by atoms with van der Waals surface area (Å²) < 4.78 is 5.69. The Balaban J connectivity index is 1.39. The number of carbonyl (C=O) groups is 3. The van der Waals surface area contributed by atoms with Gasteiger partial charge in [-0.05, 0) is 111 Å². The molecule has 9 atom stereocenters. The van der Waals surface area contributed by atoms with E-state index in [9.17, 15) is 14.4 Å². The molecule has 34 heavy (non-hydrogen) atoms. The second kappa shape index (κ2) is 9.81. The lowest BCUT2D eigenvalue weighted by Gasteiger charge is -2.61. The van der Waals surface area contributed by atoms with Gasteiger partial charge in [-0.1, -0.05) is 20.8 Å². The number of aliphatic carboxylic acids is 2. The Hall–Kier alpha value is -1.59. The average Bonchev–Trinajstić information content (AvgIpc) is 3.13. The van der Waals surface area contributed by atoms with E-state index < -0.39 is 11.9 Å². The smallest absolute Gasteiger partial charge is 0.306 e. The van der Waals surface area contributed by atoms with Crippen LogP contribution in [0.25, 0.3) is 0 Å². The number of carboxylic acid groups (broad SMARTS) is 2. The molecule has 0 aromatic rings. The van der Waals surface area contributed by atoms with Gasteiger partial charge in [-0.25, -0.2) is 0 Å². The van der Waals surface area contributed by atoms with Gasteiger partial charge in [-0.3, -0.25) is 14.4 Å². The van der Waals surface area contributed by atoms with Crippen LogP contribution in [0.15, 0.2) is 0 Å². The van der Waals surface area contributed by atoms with Crippen LogP contribution in [0.2, 0.25) is 0 Å². The molecule has 0 aromatic carbocycles. The zero-order valence-electron chi connectivity index (χ0n) is 21.3. The first-order chi connectivity index (χ1) is 16.0. The lowest BCUT2D eigenvalue weighted by Crippen LogP contribution is -2.54. The van der Waals surface area contributed by atoms with Crippen LogP contribution >= 0.6 is 0 Å². The van der Waals surface area contributed by atoms with Crippen molar-refractivity contribution in [3.05, 3.63) is 0 Å². The third-order valence-corrected chi connectivity index (χ3v) is 11.0. The fourth-order valence-corrected chi connectivity index (χ4v) is 9.31. The Morgan fingerprint density at radius 3 is 2.24 bits per heavy atom. The summed E-state index contributed by atoms with van der Waals surface area (Å²) in [5.74, 6) is 1.96. The van der Waals surface area contributed by atoms with E-state index in [1.807, 2.05) is 0 Å². The standard InChI is InChI=1S/C28H44O6/c1-17(4-9-24(29)30)21-7-8-22-20-6-5-18-16-19(34-26(33)11-10-25(31)32)12-14-27(18,2)23(20)13-15-28(21,22)3/h17-23H,4-16H2,1-3H3,(H,29,30)(H,31,32)/t17?,18-,19-,20?,21?,22+,23-,27+,28-/m1/s1. The molecule has 6 heteroatoms. The zero-order chi connectivity index (χ0) is 24.7. The molecule has 4 aliphatic rings. The van der Waals surface area contributed by atoms with E-state index in [2.05, 4.69) is 20.8 Å². The van der Waals surface area contributed by atoms with Gasteiger partial charge in [-0.15, -0.1) is 0 Å². The monoisotopic (exact) mass is 476 g/mol. The number of carboxylic acids is 2. The van der Waals surface area contributed by atoms with Gasteiger partial charge in [0.15, 0.2) is 0 Å². The fraction of sp³-hybridized carbons (Fsp3) is 0.893. The van der Waals surface area contributed by atoms with Gasteiger partial charge in [0.2, 0.25) is 0 Å². The highest BCUT2D eigenvalue weighted by molar-refractivity contribution is 5.76. The SMILES string of the molecule is CC(CCC(=O)O)C1CC[C@H]2C3CC[C@@H]4C[C@H](OC(=O)CCC(=O)O)CC[C@]4(C)[C@@H]3CC[C@]12C. The predicted molar refractivity (Wildman–Crippen MR) is 128 cm³/mol. The highest BCUT2D eigenvalue weighted by Gasteiger charge is 2.60. The first-order valence-electron chi connectivity index (χ1n) is 13.7. The summed E-state index contributed by atoms with van der Waals surface area (Å²) in [5.41, 5.74) is 0.653. The summed E-state index contributed by atoms with van der Waals surface area (Å²) in [5, 5.41) is 18.0. The number of hydrogen-bond donors (Lipinski definition) is 2. The molecule has 0 heterocycles. The maximum atomic E-state index is 12.1. The van der Waals surface area contributed by atoms with Crippen molar-refractivity contribution in [2.24, 2.45) is 46.3 Å². The van der Waals surface area contributed by atoms with Crippen LogP contribution < -0.4 is 0 Å². The van der Waals surface area contributed by atoms with E-state index in [4.69, 9.17) is 14.9 Å². The normalized spacial score (nSPS) is 42.1. The second-order valence-electron chi connectivity index (χ2n) is 12.6. The molecule has 6 nitrogen and oxygen atoms in total. The van der Waals surface area contributed by atoms with Crippen molar-refractivity contribution < 1.29 is 29.3 Å². The van der Waals surface area contributed by atoms with Crippen molar-refractivity contribution in [1.29, 1.82) is 0 Å². The van der Waals surface area contributed by atoms with Crippen LogP contribution in [0, 0.1) is 46.3 Å². The number of hydrogen-bond acceptors (Lipinski definition) is 4. The molecule has 192 valence electrons. The third kappa shape index (κ3) is 4.75. The van der Waals surface area contributed by atoms with Gasteiger partial charge in [0.1, 0.15) is 6.10 Å². The van der Waals surface area contributed by atoms with Crippen LogP contribution in [0.1, 0.15) is 104 Å². The first kappa shape index (κ1) is 25.5. The molecule has 0 bridgehead atoms. The van der Waals surface area contributed by atoms with E-state index in [1.165, 1.54) is 38.5 Å². The topological polar surface area (TPSA) is 101 Å². The van der Waals surface area contributed by atoms with Gasteiger partial charge in [0, 0.05) is 6.42 Å². The molecular weight excluding hydrogens is 432 g/mol. The number of rotatable bonds is 8. The lowest BCUT2D eigenvalue weighted by atomic mass is 9.44. The van der Waals surface area contributed by atoms with Crippen molar-refractivity contribution in [1.82, 2.24) is 0 Å². The molecule has 0 aliphatic heterocycles. The molecule has 4 saturated carbocycles. The summed E-state index contributed by atoms with van der Waals surface area (Å²) in [6, 6.07) is 0. The number of fused-ring (bicyclic) bond motifs is 5. The minimum Gasteiger partial charge on any atom is -0.481 e. The highest BCUT2D eigenvalue weighted by atomic mass is 16.5. The zero-order valence-corrected chi connectivity index (χ0v) is 21.3. The van der Waals surface area contributed by atoms with Crippen molar-refractivity contribution in [2.75, 3.05) is 0 Å². The molecule has 4 rings (SSSR count). The summed E-state index contributed by atoms with van der Waals surface area (Å²) in [6.45, 7) is 7.30. The molecular formula is C28H44O6. The van der Waals surface area contributed by atoms with Crippen molar-refractivity contribution >= 4 is 17.9 Å². The molecule has 3 unspecified atom stereocenters. The lowest BCUT2D eigenvalue weighted by molar-refractivity contribution is -0.164. The molecule has 0 saturated heterocycles. The summed E-state index contributed by atoms with van der Waals surface area (Å²) in [4.78, 5) is 34.0. The Kier molecular flexibility index (Phi) is 7.36. The summed E-state index contributed by atoms with van der Waals surface area (Å²) in [7, 11) is 0. The second-order valence-corrected chi connectivity index (χ2v) is 12.6. The van der Waals surface area contributed by atoms with Gasteiger partial charge in [0.05, 0.1) is 12.8 Å². The van der Waals surface area contributed by atoms with Crippen molar-refractivity contribution in [3.8, 4) is 0 Å². The van der Waals surface area contributed by atoms with Crippen LogP contribution in [0.5, 0.6) is 0 Å². The Morgan fingerprint density at radius 2 is 1.53 bits per heavy atom. The van der Waals surface area contributed by atoms with Gasteiger partial charge in [0.25, 0.3) is 0 Å². The van der Waals surface area contributed by atoms with E-state index in [1.54, 1.807) is 0 Å². The molecule has 0 amide bonds. The largest absolute Gasteiger partial charge is 0.481 e. The van der Waals surface area contributed by atoms with E-state index in [-0.39, 0.29) is 31.3 Å².